The first-order chi connectivity index (χ1) is 8.99. The number of amides is 1. The zero-order valence-corrected chi connectivity index (χ0v) is 11.0. The number of methoxy groups -OCH3 is 1. The molecule has 0 spiro atoms. The van der Waals surface area contributed by atoms with Crippen LogP contribution >= 0.6 is 0 Å². The molecule has 0 aliphatic heterocycles. The monoisotopic (exact) mass is 272 g/mol. The number of halogens is 2. The van der Waals surface area contributed by atoms with Crippen LogP contribution < -0.4 is 11.1 Å². The van der Waals surface area contributed by atoms with Crippen molar-refractivity contribution in [1.29, 1.82) is 0 Å². The maximum absolute atomic E-state index is 13.3. The number of carbonyl (C=O) groups is 1. The van der Waals surface area contributed by atoms with Crippen molar-refractivity contribution >= 4 is 11.6 Å². The molecule has 1 rings (SSSR count). The first kappa shape index (κ1) is 15.4. The number of hydrogen-bond donors (Lipinski definition) is 2. The molecule has 0 fully saturated rings. The van der Waals surface area contributed by atoms with Crippen molar-refractivity contribution in [3.8, 4) is 0 Å². The van der Waals surface area contributed by atoms with E-state index in [1.165, 1.54) is 7.11 Å². The van der Waals surface area contributed by atoms with E-state index in [1.54, 1.807) is 0 Å². The van der Waals surface area contributed by atoms with Gasteiger partial charge in [-0.25, -0.2) is 8.78 Å². The molecule has 0 heterocycles. The van der Waals surface area contributed by atoms with Gasteiger partial charge in [-0.3, -0.25) is 4.79 Å². The number of nitrogen functional groups attached to an aromatic ring is 1. The Morgan fingerprint density at radius 1 is 1.42 bits per heavy atom. The minimum atomic E-state index is -0.941. The van der Waals surface area contributed by atoms with Gasteiger partial charge in [0.1, 0.15) is 17.3 Å². The fourth-order valence-corrected chi connectivity index (χ4v) is 1.73. The molecule has 19 heavy (non-hydrogen) atoms. The maximum atomic E-state index is 13.3. The first-order valence-corrected chi connectivity index (χ1v) is 6.03. The van der Waals surface area contributed by atoms with E-state index >= 15 is 0 Å². The molecule has 3 N–H and O–H groups in total. The Hall–Kier alpha value is -1.69. The third kappa shape index (κ3) is 4.17. The fourth-order valence-electron chi connectivity index (χ4n) is 1.73. The lowest BCUT2D eigenvalue weighted by atomic mass is 10.1. The Balaban J connectivity index is 2.82. The molecule has 1 aromatic carbocycles. The molecule has 0 aromatic heterocycles. The van der Waals surface area contributed by atoms with Crippen molar-refractivity contribution in [2.24, 2.45) is 0 Å². The van der Waals surface area contributed by atoms with E-state index in [1.807, 2.05) is 6.92 Å². The molecule has 1 atom stereocenters. The third-order valence-electron chi connectivity index (χ3n) is 2.68. The highest BCUT2D eigenvalue weighted by Crippen LogP contribution is 2.17. The van der Waals surface area contributed by atoms with Crippen LogP contribution in [0.25, 0.3) is 0 Å². The Labute approximate surface area is 110 Å². The standard InChI is InChI=1S/C13H18F2N2O2/c1-3-4-9(7-19-2)17-13(18)8-5-10(14)12(16)11(15)6-8/h5-6,9H,3-4,7,16H2,1-2H3,(H,17,18). The van der Waals surface area contributed by atoms with Crippen molar-refractivity contribution in [3.63, 3.8) is 0 Å². The second-order valence-corrected chi connectivity index (χ2v) is 4.27. The number of hydrogen-bond acceptors (Lipinski definition) is 3. The topological polar surface area (TPSA) is 64.3 Å². The average Bonchev–Trinajstić information content (AvgIpc) is 2.35. The summed E-state index contributed by atoms with van der Waals surface area (Å²) in [5.41, 5.74) is 4.47. The van der Waals surface area contributed by atoms with Crippen LogP contribution in [0.4, 0.5) is 14.5 Å². The molecule has 0 saturated carbocycles. The summed E-state index contributed by atoms with van der Waals surface area (Å²) < 4.78 is 31.5. The largest absolute Gasteiger partial charge is 0.394 e. The molecule has 0 aliphatic carbocycles. The van der Waals surface area contributed by atoms with Gasteiger partial charge in [0.2, 0.25) is 0 Å². The first-order valence-electron chi connectivity index (χ1n) is 6.03. The summed E-state index contributed by atoms with van der Waals surface area (Å²) in [6.45, 7) is 2.32. The smallest absolute Gasteiger partial charge is 0.251 e. The van der Waals surface area contributed by atoms with E-state index in [0.717, 1.165) is 25.0 Å². The second-order valence-electron chi connectivity index (χ2n) is 4.27. The summed E-state index contributed by atoms with van der Waals surface area (Å²) in [7, 11) is 1.53. The normalized spacial score (nSPS) is 12.2. The summed E-state index contributed by atoms with van der Waals surface area (Å²) in [4.78, 5) is 11.9. The zero-order chi connectivity index (χ0) is 14.4. The van der Waals surface area contributed by atoms with Gasteiger partial charge < -0.3 is 15.8 Å². The van der Waals surface area contributed by atoms with Gasteiger partial charge in [-0.15, -0.1) is 0 Å². The van der Waals surface area contributed by atoms with Crippen LogP contribution in [-0.2, 0) is 4.74 Å². The van der Waals surface area contributed by atoms with E-state index < -0.39 is 23.2 Å². The molecular formula is C13H18F2N2O2. The molecule has 0 bridgehead atoms. The number of rotatable bonds is 6. The van der Waals surface area contributed by atoms with Crippen LogP contribution in [0, 0.1) is 11.6 Å². The van der Waals surface area contributed by atoms with E-state index in [9.17, 15) is 13.6 Å². The molecule has 0 aliphatic rings. The summed E-state index contributed by atoms with van der Waals surface area (Å²) in [6, 6.07) is 1.65. The Morgan fingerprint density at radius 3 is 2.47 bits per heavy atom. The number of nitrogens with two attached hydrogens (primary N) is 1. The minimum Gasteiger partial charge on any atom is -0.394 e. The number of carbonyl (C=O) groups excluding carboxylic acids is 1. The van der Waals surface area contributed by atoms with Crippen molar-refractivity contribution < 1.29 is 18.3 Å². The summed E-state index contributed by atoms with van der Waals surface area (Å²) >= 11 is 0. The van der Waals surface area contributed by atoms with E-state index in [-0.39, 0.29) is 11.6 Å². The molecule has 1 amide bonds. The number of anilines is 1. The van der Waals surface area contributed by atoms with Crippen LogP contribution in [0.15, 0.2) is 12.1 Å². The lowest BCUT2D eigenvalue weighted by Crippen LogP contribution is -2.38. The summed E-state index contributed by atoms with van der Waals surface area (Å²) in [5.74, 6) is -2.43. The molecule has 106 valence electrons. The fraction of sp³-hybridized carbons (Fsp3) is 0.462. The van der Waals surface area contributed by atoms with E-state index in [4.69, 9.17) is 10.5 Å². The predicted octanol–water partition coefficient (Wildman–Crippen LogP) is 2.09. The highest BCUT2D eigenvalue weighted by Gasteiger charge is 2.16. The van der Waals surface area contributed by atoms with Crippen LogP contribution in [0.1, 0.15) is 30.1 Å². The third-order valence-corrected chi connectivity index (χ3v) is 2.68. The van der Waals surface area contributed by atoms with Gasteiger partial charge in [0.05, 0.1) is 12.6 Å². The van der Waals surface area contributed by atoms with Gasteiger partial charge in [-0.1, -0.05) is 13.3 Å². The Bertz CT molecular complexity index is 423. The molecule has 0 saturated heterocycles. The van der Waals surface area contributed by atoms with Gasteiger partial charge in [0.25, 0.3) is 5.91 Å². The number of ether oxygens (including phenoxy) is 1. The quantitative estimate of drug-likeness (QED) is 0.779. The molecule has 6 heteroatoms. The van der Waals surface area contributed by atoms with Crippen molar-refractivity contribution in [1.82, 2.24) is 5.32 Å². The van der Waals surface area contributed by atoms with Gasteiger partial charge in [0, 0.05) is 12.7 Å². The van der Waals surface area contributed by atoms with Gasteiger partial charge in [-0.05, 0) is 18.6 Å². The summed E-state index contributed by atoms with van der Waals surface area (Å²) in [5, 5.41) is 2.67. The molecule has 4 nitrogen and oxygen atoms in total. The average molecular weight is 272 g/mol. The summed E-state index contributed by atoms with van der Waals surface area (Å²) in [6.07, 6.45) is 1.58. The van der Waals surface area contributed by atoms with Crippen molar-refractivity contribution in [2.45, 2.75) is 25.8 Å². The molecule has 1 unspecified atom stereocenters. The lowest BCUT2D eigenvalue weighted by Gasteiger charge is -2.17. The molecular weight excluding hydrogens is 254 g/mol. The SMILES string of the molecule is CCCC(COC)NC(=O)c1cc(F)c(N)c(F)c1. The van der Waals surface area contributed by atoms with Gasteiger partial charge in [0.15, 0.2) is 0 Å². The van der Waals surface area contributed by atoms with Crippen LogP contribution in [0.3, 0.4) is 0 Å². The van der Waals surface area contributed by atoms with Crippen molar-refractivity contribution in [2.75, 3.05) is 19.5 Å². The van der Waals surface area contributed by atoms with Crippen LogP contribution in [0.2, 0.25) is 0 Å². The van der Waals surface area contributed by atoms with Crippen LogP contribution in [-0.4, -0.2) is 25.7 Å². The minimum absolute atomic E-state index is 0.0959. The van der Waals surface area contributed by atoms with Crippen LogP contribution in [0.5, 0.6) is 0 Å². The zero-order valence-electron chi connectivity index (χ0n) is 11.0. The van der Waals surface area contributed by atoms with Crippen molar-refractivity contribution in [3.05, 3.63) is 29.3 Å². The van der Waals surface area contributed by atoms with E-state index in [0.29, 0.717) is 6.61 Å². The highest BCUT2D eigenvalue weighted by atomic mass is 19.1. The van der Waals surface area contributed by atoms with Gasteiger partial charge >= 0.3 is 0 Å². The van der Waals surface area contributed by atoms with E-state index in [2.05, 4.69) is 5.32 Å². The number of nitrogens with one attached hydrogen (secondary N) is 1. The predicted molar refractivity (Wildman–Crippen MR) is 68.8 cm³/mol. The Kier molecular flexibility index (Phi) is 5.69. The number of benzene rings is 1. The highest BCUT2D eigenvalue weighted by molar-refractivity contribution is 5.94. The second kappa shape index (κ2) is 7.04. The molecule has 0 radical (unpaired) electrons. The molecule has 1 aromatic rings. The maximum Gasteiger partial charge on any atom is 0.251 e. The Morgan fingerprint density at radius 2 is 2.00 bits per heavy atom. The van der Waals surface area contributed by atoms with Gasteiger partial charge in [-0.2, -0.15) is 0 Å². The lowest BCUT2D eigenvalue weighted by molar-refractivity contribution is 0.0890.